The number of rotatable bonds is 5. The van der Waals surface area contributed by atoms with Crippen molar-refractivity contribution in [2.75, 3.05) is 50.7 Å². The van der Waals surface area contributed by atoms with E-state index in [-0.39, 0.29) is 11.5 Å². The number of likely N-dealkylation sites (N-methyl/N-ethyl adjacent to an activating group) is 1. The fourth-order valence-electron chi connectivity index (χ4n) is 2.70. The quantitative estimate of drug-likeness (QED) is 0.833. The van der Waals surface area contributed by atoms with Crippen LogP contribution >= 0.6 is 0 Å². The first-order chi connectivity index (χ1) is 10.5. The van der Waals surface area contributed by atoms with Gasteiger partial charge in [0.05, 0.1) is 6.54 Å². The van der Waals surface area contributed by atoms with Gasteiger partial charge in [-0.15, -0.1) is 0 Å². The molecule has 1 N–H and O–H groups in total. The first kappa shape index (κ1) is 16.5. The molecule has 7 heteroatoms. The second-order valence-electron chi connectivity index (χ2n) is 5.54. The Kier molecular flexibility index (Phi) is 5.54. The van der Waals surface area contributed by atoms with E-state index in [4.69, 9.17) is 0 Å². The van der Waals surface area contributed by atoms with Crippen LogP contribution in [0, 0.1) is 6.92 Å². The van der Waals surface area contributed by atoms with Gasteiger partial charge in [0.15, 0.2) is 0 Å². The summed E-state index contributed by atoms with van der Waals surface area (Å²) < 4.78 is 0. The standard InChI is InChI=1S/C15H25N5O2/c1-4-19(5-2)14(22)11-18-6-8-20(9-7-18)15-16-12(3)10-13(21)17-15/h10H,4-9,11H2,1-3H3,(H,16,17,21). The molecule has 2 rings (SSSR count). The SMILES string of the molecule is CCN(CC)C(=O)CN1CCN(c2nc(C)cc(=O)[nH]2)CC1. The Morgan fingerprint density at radius 2 is 1.91 bits per heavy atom. The van der Waals surface area contributed by atoms with E-state index in [1.54, 1.807) is 0 Å². The highest BCUT2D eigenvalue weighted by Crippen LogP contribution is 2.10. The maximum absolute atomic E-state index is 12.1. The molecule has 0 unspecified atom stereocenters. The molecule has 0 bridgehead atoms. The zero-order valence-electron chi connectivity index (χ0n) is 13.6. The maximum Gasteiger partial charge on any atom is 0.252 e. The van der Waals surface area contributed by atoms with Crippen LogP contribution in [0.5, 0.6) is 0 Å². The first-order valence-corrected chi connectivity index (χ1v) is 7.86. The molecular weight excluding hydrogens is 282 g/mol. The molecule has 0 atom stereocenters. The summed E-state index contributed by atoms with van der Waals surface area (Å²) in [5, 5.41) is 0. The third-order valence-electron chi connectivity index (χ3n) is 4.00. The van der Waals surface area contributed by atoms with Gasteiger partial charge in [0.1, 0.15) is 0 Å². The third kappa shape index (κ3) is 4.07. The van der Waals surface area contributed by atoms with E-state index in [0.717, 1.165) is 45.0 Å². The zero-order chi connectivity index (χ0) is 16.1. The van der Waals surface area contributed by atoms with E-state index >= 15 is 0 Å². The molecule has 1 aliphatic heterocycles. The van der Waals surface area contributed by atoms with Crippen molar-refractivity contribution in [2.24, 2.45) is 0 Å². The highest BCUT2D eigenvalue weighted by atomic mass is 16.2. The number of anilines is 1. The van der Waals surface area contributed by atoms with Crippen molar-refractivity contribution in [3.8, 4) is 0 Å². The number of H-pyrrole nitrogens is 1. The molecule has 0 saturated carbocycles. The smallest absolute Gasteiger partial charge is 0.252 e. The third-order valence-corrected chi connectivity index (χ3v) is 4.00. The molecule has 0 spiro atoms. The van der Waals surface area contributed by atoms with Gasteiger partial charge in [-0.3, -0.25) is 19.5 Å². The molecule has 7 nitrogen and oxygen atoms in total. The van der Waals surface area contributed by atoms with Crippen molar-refractivity contribution in [1.29, 1.82) is 0 Å². The average molecular weight is 307 g/mol. The van der Waals surface area contributed by atoms with Crippen LogP contribution in [0.1, 0.15) is 19.5 Å². The fraction of sp³-hybridized carbons (Fsp3) is 0.667. The lowest BCUT2D eigenvalue weighted by atomic mass is 10.3. The molecule has 1 aromatic rings. The summed E-state index contributed by atoms with van der Waals surface area (Å²) >= 11 is 0. The van der Waals surface area contributed by atoms with Gasteiger partial charge in [0, 0.05) is 51.0 Å². The zero-order valence-corrected chi connectivity index (χ0v) is 13.6. The van der Waals surface area contributed by atoms with Crippen LogP contribution in [0.3, 0.4) is 0 Å². The largest absolute Gasteiger partial charge is 0.342 e. The van der Waals surface area contributed by atoms with Gasteiger partial charge in [-0.2, -0.15) is 0 Å². The van der Waals surface area contributed by atoms with Gasteiger partial charge in [-0.05, 0) is 20.8 Å². The van der Waals surface area contributed by atoms with Crippen molar-refractivity contribution < 1.29 is 4.79 Å². The number of aromatic amines is 1. The van der Waals surface area contributed by atoms with Gasteiger partial charge in [-0.1, -0.05) is 0 Å². The minimum atomic E-state index is -0.123. The Labute approximate surface area is 130 Å². The van der Waals surface area contributed by atoms with Gasteiger partial charge < -0.3 is 9.80 Å². The van der Waals surface area contributed by atoms with Crippen molar-refractivity contribution >= 4 is 11.9 Å². The summed E-state index contributed by atoms with van der Waals surface area (Å²) in [7, 11) is 0. The van der Waals surface area contributed by atoms with Crippen LogP contribution in [-0.2, 0) is 4.79 Å². The summed E-state index contributed by atoms with van der Waals surface area (Å²) in [5.74, 6) is 0.806. The van der Waals surface area contributed by atoms with Crippen LogP contribution in [-0.4, -0.2) is 71.5 Å². The van der Waals surface area contributed by atoms with Crippen LogP contribution < -0.4 is 10.5 Å². The number of nitrogens with zero attached hydrogens (tertiary/aromatic N) is 4. The normalized spacial score (nSPS) is 15.9. The Morgan fingerprint density at radius 3 is 2.45 bits per heavy atom. The van der Waals surface area contributed by atoms with Crippen LogP contribution in [0.25, 0.3) is 0 Å². The fourth-order valence-corrected chi connectivity index (χ4v) is 2.70. The van der Waals surface area contributed by atoms with E-state index in [1.807, 2.05) is 25.7 Å². The lowest BCUT2D eigenvalue weighted by molar-refractivity contribution is -0.132. The highest BCUT2D eigenvalue weighted by Gasteiger charge is 2.22. The number of hydrogen-bond acceptors (Lipinski definition) is 5. The molecular formula is C15H25N5O2. The number of aryl methyl sites for hydroxylation is 1. The summed E-state index contributed by atoms with van der Waals surface area (Å²) in [6.45, 7) is 10.9. The predicted molar refractivity (Wildman–Crippen MR) is 86.2 cm³/mol. The topological polar surface area (TPSA) is 72.5 Å². The second kappa shape index (κ2) is 7.40. The van der Waals surface area contributed by atoms with Gasteiger partial charge in [-0.25, -0.2) is 4.98 Å². The average Bonchev–Trinajstić information content (AvgIpc) is 2.48. The minimum absolute atomic E-state index is 0.123. The molecule has 22 heavy (non-hydrogen) atoms. The Balaban J connectivity index is 1.90. The summed E-state index contributed by atoms with van der Waals surface area (Å²) in [6, 6.07) is 1.49. The number of amides is 1. The molecule has 0 radical (unpaired) electrons. The first-order valence-electron chi connectivity index (χ1n) is 7.86. The number of piperazine rings is 1. The number of nitrogens with one attached hydrogen (secondary N) is 1. The van der Waals surface area contributed by atoms with Gasteiger partial charge in [0.25, 0.3) is 5.56 Å². The van der Waals surface area contributed by atoms with E-state index in [1.165, 1.54) is 6.07 Å². The van der Waals surface area contributed by atoms with E-state index < -0.39 is 0 Å². The number of hydrogen-bond donors (Lipinski definition) is 1. The monoisotopic (exact) mass is 307 g/mol. The van der Waals surface area contributed by atoms with E-state index in [2.05, 4.69) is 19.8 Å². The van der Waals surface area contributed by atoms with Crippen LogP contribution in [0.15, 0.2) is 10.9 Å². The van der Waals surface area contributed by atoms with Crippen molar-refractivity contribution in [3.05, 3.63) is 22.1 Å². The molecule has 0 aromatic carbocycles. The molecule has 1 amide bonds. The molecule has 1 fully saturated rings. The Bertz CT molecular complexity index is 559. The minimum Gasteiger partial charge on any atom is -0.342 e. The molecule has 0 aliphatic carbocycles. The summed E-state index contributed by atoms with van der Waals surface area (Å²) in [5.41, 5.74) is 0.597. The van der Waals surface area contributed by atoms with Gasteiger partial charge in [0.2, 0.25) is 11.9 Å². The predicted octanol–water partition coefficient (Wildman–Crippen LogP) is 0.0687. The summed E-state index contributed by atoms with van der Waals surface area (Å²) in [6.07, 6.45) is 0. The van der Waals surface area contributed by atoms with Crippen LogP contribution in [0.2, 0.25) is 0 Å². The molecule has 2 heterocycles. The van der Waals surface area contributed by atoms with Crippen LogP contribution in [0.4, 0.5) is 5.95 Å². The maximum atomic E-state index is 12.1. The van der Waals surface area contributed by atoms with Gasteiger partial charge >= 0.3 is 0 Å². The lowest BCUT2D eigenvalue weighted by Crippen LogP contribution is -2.50. The Morgan fingerprint density at radius 1 is 1.27 bits per heavy atom. The Hall–Kier alpha value is -1.89. The number of aromatic nitrogens is 2. The molecule has 1 aromatic heterocycles. The molecule has 1 saturated heterocycles. The molecule has 1 aliphatic rings. The number of carbonyl (C=O) groups is 1. The molecule has 122 valence electrons. The lowest BCUT2D eigenvalue weighted by Gasteiger charge is -2.35. The van der Waals surface area contributed by atoms with Crippen molar-refractivity contribution in [2.45, 2.75) is 20.8 Å². The van der Waals surface area contributed by atoms with Crippen molar-refractivity contribution in [1.82, 2.24) is 19.8 Å². The summed E-state index contributed by atoms with van der Waals surface area (Å²) in [4.78, 5) is 36.9. The van der Waals surface area contributed by atoms with Crippen molar-refractivity contribution in [3.63, 3.8) is 0 Å². The number of carbonyl (C=O) groups excluding carboxylic acids is 1. The second-order valence-corrected chi connectivity index (χ2v) is 5.54. The highest BCUT2D eigenvalue weighted by molar-refractivity contribution is 5.78. The van der Waals surface area contributed by atoms with E-state index in [0.29, 0.717) is 12.5 Å². The van der Waals surface area contributed by atoms with E-state index in [9.17, 15) is 9.59 Å².